The monoisotopic (exact) mass is 1110 g/mol. The summed E-state index contributed by atoms with van der Waals surface area (Å²) in [4.78, 5) is 36.9. The second-order valence-corrected chi connectivity index (χ2v) is 28.6. The second kappa shape index (κ2) is 32.2. The van der Waals surface area contributed by atoms with Gasteiger partial charge in [-0.1, -0.05) is 207 Å². The topological polar surface area (TPSA) is 34.1 Å². The molecule has 74 heavy (non-hydrogen) atoms. The summed E-state index contributed by atoms with van der Waals surface area (Å²) in [5.74, 6) is 0. The molecule has 7 rings (SSSR count). The first kappa shape index (κ1) is 59.7. The zero-order valence-electron chi connectivity index (χ0n) is 47.0. The van der Waals surface area contributed by atoms with E-state index in [-0.39, 0.29) is 10.2 Å². The van der Waals surface area contributed by atoms with E-state index in [1.54, 1.807) is 21.4 Å². The highest BCUT2D eigenvalue weighted by molar-refractivity contribution is 8.25. The van der Waals surface area contributed by atoms with E-state index in [4.69, 9.17) is 0 Å². The fourth-order valence-electron chi connectivity index (χ4n) is 11.5. The fourth-order valence-corrected chi connectivity index (χ4v) is 19.1. The van der Waals surface area contributed by atoms with Gasteiger partial charge in [0.2, 0.25) is 10.2 Å². The molecule has 6 heterocycles. The van der Waals surface area contributed by atoms with Gasteiger partial charge in [-0.25, -0.2) is 0 Å². The summed E-state index contributed by atoms with van der Waals surface area (Å²) >= 11 is 10.6. The largest absolute Gasteiger partial charge is 0.282 e. The summed E-state index contributed by atoms with van der Waals surface area (Å²) in [7, 11) is 0. The highest BCUT2D eigenvalue weighted by Gasteiger charge is 2.39. The Bertz CT molecular complexity index is 2530. The van der Waals surface area contributed by atoms with Crippen molar-refractivity contribution in [2.45, 2.75) is 273 Å². The quantitative estimate of drug-likeness (QED) is 0.0367. The number of unbranched alkanes of at least 4 members (excludes halogenated alkanes) is 28. The molecule has 2 aliphatic rings. The number of hydrogen-bond donors (Lipinski definition) is 0. The van der Waals surface area contributed by atoms with Crippen LogP contribution in [0.4, 0.5) is 0 Å². The van der Waals surface area contributed by atoms with Gasteiger partial charge in [0.15, 0.2) is 0 Å². The molecule has 0 unspecified atom stereocenters. The molecule has 2 nitrogen and oxygen atoms in total. The van der Waals surface area contributed by atoms with Crippen molar-refractivity contribution in [3.05, 3.63) is 71.7 Å². The Morgan fingerprint density at radius 2 is 0.716 bits per heavy atom. The molecule has 406 valence electrons. The Morgan fingerprint density at radius 1 is 0.351 bits per heavy atom. The molecule has 0 radical (unpaired) electrons. The molecule has 0 fully saturated rings. The van der Waals surface area contributed by atoms with Crippen LogP contribution >= 0.6 is 68.9 Å². The van der Waals surface area contributed by atoms with Crippen molar-refractivity contribution in [1.29, 1.82) is 0 Å². The molecule has 0 saturated heterocycles. The third-order valence-corrected chi connectivity index (χ3v) is 23.3. The predicted octanol–water partition coefficient (Wildman–Crippen LogP) is 24.1. The first-order chi connectivity index (χ1) is 36.3. The van der Waals surface area contributed by atoms with Crippen LogP contribution in [0.1, 0.15) is 272 Å². The maximum atomic E-state index is 13.9. The predicted molar refractivity (Wildman–Crippen MR) is 339 cm³/mol. The van der Waals surface area contributed by atoms with Gasteiger partial charge in [0, 0.05) is 54.0 Å². The zero-order chi connectivity index (χ0) is 52.1. The molecule has 0 amide bonds. The Kier molecular flexibility index (Phi) is 26.0. The average Bonchev–Trinajstić information content (AvgIpc) is 4.27. The van der Waals surface area contributed by atoms with Crippen molar-refractivity contribution in [2.75, 3.05) is 0 Å². The van der Waals surface area contributed by atoms with E-state index >= 15 is 0 Å². The molecular formula is C66H94O2S6. The SMILES string of the molecule is CCCCCCCCCCCCc1c2cc(-c3sc(C4=C5SC(=O)C(C)=C5SC4=O)cc3CCCCCCCC)sc2c(CCCCCCCCCCCC)c2cc(-c3sc(C)cc3CCCCCCCC)sc12. The Balaban J connectivity index is 1.27. The minimum Gasteiger partial charge on any atom is -0.282 e. The average molecular weight is 1110 g/mol. The highest BCUT2D eigenvalue weighted by atomic mass is 32.2. The zero-order valence-corrected chi connectivity index (χ0v) is 51.9. The third kappa shape index (κ3) is 16.6. The van der Waals surface area contributed by atoms with Crippen LogP contribution < -0.4 is 0 Å². The van der Waals surface area contributed by atoms with Gasteiger partial charge in [0.25, 0.3) is 0 Å². The standard InChI is InChI=1S/C66H94O2S6/c1-7-11-15-19-23-25-27-29-33-37-41-51-53-45-56(60-49(43-47(5)69-60)39-35-31-21-17-13-9-3)71-62(53)52(42-38-34-30-28-26-24-20-16-12-8-2)54-46-57(72-63(51)54)61-50(40-36-32-22-18-14-10-4)44-55(70-61)58-64-59(73-66(58)68)48(6)65(67)74-64/h43-46H,7-42H2,1-6H3. The lowest BCUT2D eigenvalue weighted by molar-refractivity contribution is -0.107. The maximum Gasteiger partial charge on any atom is 0.226 e. The normalized spacial score (nSPS) is 14.0. The van der Waals surface area contributed by atoms with Gasteiger partial charge >= 0.3 is 0 Å². The van der Waals surface area contributed by atoms with Crippen molar-refractivity contribution in [3.8, 4) is 19.5 Å². The van der Waals surface area contributed by atoms with Crippen LogP contribution in [-0.4, -0.2) is 10.2 Å². The van der Waals surface area contributed by atoms with Crippen LogP contribution in [0.15, 0.2) is 39.6 Å². The number of benzene rings is 1. The Hall–Kier alpha value is -1.94. The van der Waals surface area contributed by atoms with E-state index in [0.717, 1.165) is 45.1 Å². The van der Waals surface area contributed by atoms with E-state index in [1.807, 2.05) is 29.6 Å². The van der Waals surface area contributed by atoms with E-state index in [2.05, 4.69) is 81.6 Å². The molecule has 2 aliphatic heterocycles. The maximum absolute atomic E-state index is 13.9. The van der Waals surface area contributed by atoms with Gasteiger partial charge in [-0.05, 0) is 146 Å². The molecule has 0 spiro atoms. The summed E-state index contributed by atoms with van der Waals surface area (Å²) < 4.78 is 3.08. The van der Waals surface area contributed by atoms with Gasteiger partial charge in [0.1, 0.15) is 0 Å². The highest BCUT2D eigenvalue weighted by Crippen LogP contribution is 2.56. The number of carbonyl (C=O) groups excluding carboxylic acids is 2. The molecule has 4 aromatic heterocycles. The summed E-state index contributed by atoms with van der Waals surface area (Å²) in [5, 5.41) is 3.25. The van der Waals surface area contributed by atoms with Crippen LogP contribution in [0.5, 0.6) is 0 Å². The molecule has 0 N–H and O–H groups in total. The number of carbonyl (C=O) groups is 2. The van der Waals surface area contributed by atoms with Gasteiger partial charge in [-0.15, -0.1) is 45.3 Å². The van der Waals surface area contributed by atoms with Crippen molar-refractivity contribution in [3.63, 3.8) is 0 Å². The molecule has 0 atom stereocenters. The number of fused-ring (bicyclic) bond motifs is 3. The second-order valence-electron chi connectivity index (χ2n) is 22.2. The lowest BCUT2D eigenvalue weighted by Gasteiger charge is -2.12. The molecule has 8 heteroatoms. The fraction of sp³-hybridized carbons (Fsp3) is 0.636. The molecular weight excluding hydrogens is 1020 g/mol. The van der Waals surface area contributed by atoms with Crippen LogP contribution in [0.2, 0.25) is 0 Å². The van der Waals surface area contributed by atoms with Crippen LogP contribution in [0.3, 0.4) is 0 Å². The van der Waals surface area contributed by atoms with Gasteiger partial charge in [-0.2, -0.15) is 0 Å². The molecule has 5 aromatic rings. The third-order valence-electron chi connectivity index (χ3n) is 15.9. The summed E-state index contributed by atoms with van der Waals surface area (Å²) in [5.41, 5.74) is 7.67. The molecule has 0 aliphatic carbocycles. The van der Waals surface area contributed by atoms with E-state index in [1.165, 1.54) is 281 Å². The summed E-state index contributed by atoms with van der Waals surface area (Å²) in [6.45, 7) is 13.5. The van der Waals surface area contributed by atoms with Crippen LogP contribution in [0, 0.1) is 6.92 Å². The smallest absolute Gasteiger partial charge is 0.226 e. The van der Waals surface area contributed by atoms with Gasteiger partial charge in [-0.3, -0.25) is 9.59 Å². The van der Waals surface area contributed by atoms with Gasteiger partial charge in [0.05, 0.1) is 5.57 Å². The van der Waals surface area contributed by atoms with Crippen molar-refractivity contribution >= 4 is 105 Å². The minimum atomic E-state index is 0.0948. The summed E-state index contributed by atoms with van der Waals surface area (Å²) in [6, 6.07) is 10.2. The minimum absolute atomic E-state index is 0.0948. The first-order valence-electron chi connectivity index (χ1n) is 30.4. The Morgan fingerprint density at radius 3 is 1.15 bits per heavy atom. The first-order valence-corrected chi connectivity index (χ1v) is 35.3. The lowest BCUT2D eigenvalue weighted by atomic mass is 9.94. The van der Waals surface area contributed by atoms with E-state index < -0.39 is 0 Å². The van der Waals surface area contributed by atoms with E-state index in [9.17, 15) is 9.59 Å². The molecule has 0 bridgehead atoms. The molecule has 1 aromatic carbocycles. The molecule has 0 saturated carbocycles. The van der Waals surface area contributed by atoms with Crippen LogP contribution in [-0.2, 0) is 35.3 Å². The lowest BCUT2D eigenvalue weighted by Crippen LogP contribution is -1.93. The van der Waals surface area contributed by atoms with E-state index in [0.29, 0.717) is 0 Å². The number of thioether (sulfide) groups is 2. The number of aryl methyl sites for hydroxylation is 5. The Labute approximate surface area is 474 Å². The number of thiophene rings is 4. The van der Waals surface area contributed by atoms with Crippen molar-refractivity contribution in [1.82, 2.24) is 0 Å². The van der Waals surface area contributed by atoms with Crippen molar-refractivity contribution < 1.29 is 9.59 Å². The number of hydrogen-bond acceptors (Lipinski definition) is 8. The van der Waals surface area contributed by atoms with Crippen LogP contribution in [0.25, 0.3) is 45.3 Å². The van der Waals surface area contributed by atoms with Crippen molar-refractivity contribution in [2.24, 2.45) is 0 Å². The summed E-state index contributed by atoms with van der Waals surface area (Å²) in [6.07, 6.45) is 47.1. The number of rotatable bonds is 39. The van der Waals surface area contributed by atoms with Gasteiger partial charge < -0.3 is 0 Å².